The number of hydrogen-bond acceptors (Lipinski definition) is 25. The van der Waals surface area contributed by atoms with Crippen molar-refractivity contribution in [3.05, 3.63) is 0 Å². The Hall–Kier alpha value is -2.35. The van der Waals surface area contributed by atoms with Crippen LogP contribution in [0.2, 0.25) is 0 Å². The van der Waals surface area contributed by atoms with Gasteiger partial charge in [0.2, 0.25) is 0 Å². The number of esters is 3. The number of aliphatic hydroxyl groups is 9. The van der Waals surface area contributed by atoms with E-state index in [2.05, 4.69) is 6.92 Å². The number of rotatable bonds is 17. The van der Waals surface area contributed by atoms with E-state index in [0.29, 0.717) is 32.1 Å². The Morgan fingerprint density at radius 2 is 1.05 bits per heavy atom. The molecule has 6 saturated heterocycles. The van der Waals surface area contributed by atoms with E-state index in [1.807, 2.05) is 0 Å². The van der Waals surface area contributed by atoms with Crippen LogP contribution in [0.25, 0.3) is 0 Å². The standard InChI is InChI=1S/C56H96O25/c1-10-13-19-22-32-23-20-17-15-14-16-18-21-24-34(58)75-46-42(66)54(80-47-38(62)36(60)33(25-57)74-55(47)73-32)71-30(8)44(46)79-56-49(77-51(68)27(5)12-3)48(81-52-40(64)37(61)35(59)28(6)69-52)45(31(9)72-56)78-53-41(65)39(63)43(29(7)70-53)76-50(67)26(4)11-2/h26-33,35-49,52-57,59-66H,10-25H2,1-9H3/t26-,27-,28-,29-,30-,31-,32-,33+,35-,36+,37+,38-,39-,40+,41+,42+,43-,44-,45-,46-,47+,48+,49+,52-,53-,54-,55+,56-/m0/s1. The van der Waals surface area contributed by atoms with Crippen molar-refractivity contribution in [2.75, 3.05) is 6.61 Å². The zero-order valence-corrected chi connectivity index (χ0v) is 48.5. The third kappa shape index (κ3) is 17.2. The summed E-state index contributed by atoms with van der Waals surface area (Å²) in [6, 6.07) is 0. The molecule has 6 aliphatic rings. The SMILES string of the molecule is CCCCC[C@H]1CCCCCCCCCC(=O)O[C@H]2[C@@H](O)[C@H](O[C@H]3[C@H](O1)O[C@H](CO)[C@@H](O)[C@@H]3O)O[C@@H](C)[C@@H]2O[C@@H]1O[C@@H](C)[C@H](O[C@@H]2O[C@@H](C)[C@H](OC(=O)[C@@H](C)CC)[C@@H](O)[C@H]2O)[C@@H](O[C@@H]2O[C@@H](C)[C@H](O)[C@@H](O)[C@H]2O)[C@H]1OC(=O)[C@@H](C)CC. The van der Waals surface area contributed by atoms with E-state index in [1.165, 1.54) is 27.7 Å². The minimum Gasteiger partial charge on any atom is -0.457 e. The lowest BCUT2D eigenvalue weighted by Crippen LogP contribution is -2.68. The van der Waals surface area contributed by atoms with Crippen molar-refractivity contribution >= 4 is 17.9 Å². The summed E-state index contributed by atoms with van der Waals surface area (Å²) in [4.78, 5) is 40.9. The lowest BCUT2D eigenvalue weighted by atomic mass is 9.95. The fourth-order valence-electron chi connectivity index (χ4n) is 11.0. The van der Waals surface area contributed by atoms with E-state index >= 15 is 0 Å². The lowest BCUT2D eigenvalue weighted by Gasteiger charge is -2.51. The maximum atomic E-state index is 14.1. The van der Waals surface area contributed by atoms with E-state index in [-0.39, 0.29) is 18.9 Å². The highest BCUT2D eigenvalue weighted by Gasteiger charge is 2.59. The minimum atomic E-state index is -1.92. The number of aliphatic hydroxyl groups excluding tert-OH is 9. The summed E-state index contributed by atoms with van der Waals surface area (Å²) >= 11 is 0. The Labute approximate surface area is 475 Å². The summed E-state index contributed by atoms with van der Waals surface area (Å²) in [5.41, 5.74) is 0. The Morgan fingerprint density at radius 1 is 0.506 bits per heavy atom. The van der Waals surface area contributed by atoms with E-state index in [0.717, 1.165) is 51.4 Å². The Morgan fingerprint density at radius 3 is 1.68 bits per heavy atom. The molecule has 0 aromatic carbocycles. The summed E-state index contributed by atoms with van der Waals surface area (Å²) in [5, 5.41) is 101. The van der Waals surface area contributed by atoms with Gasteiger partial charge in [-0.2, -0.15) is 0 Å². The van der Waals surface area contributed by atoms with Crippen molar-refractivity contribution in [1.82, 2.24) is 0 Å². The maximum absolute atomic E-state index is 14.1. The topological polar surface area (TPSA) is 353 Å². The molecule has 6 fully saturated rings. The molecule has 25 nitrogen and oxygen atoms in total. The van der Waals surface area contributed by atoms with Crippen molar-refractivity contribution in [3.8, 4) is 0 Å². The second-order valence-electron chi connectivity index (χ2n) is 23.0. The lowest BCUT2D eigenvalue weighted by molar-refractivity contribution is -0.400. The van der Waals surface area contributed by atoms with Gasteiger partial charge in [-0.05, 0) is 59.8 Å². The molecule has 25 heteroatoms. The van der Waals surface area contributed by atoms with Gasteiger partial charge >= 0.3 is 17.9 Å². The number of carbonyl (C=O) groups is 3. The quantitative estimate of drug-likeness (QED) is 0.0565. The van der Waals surface area contributed by atoms with E-state index < -0.39 is 190 Å². The Balaban J connectivity index is 1.37. The van der Waals surface area contributed by atoms with Gasteiger partial charge in [-0.25, -0.2) is 0 Å². The molecule has 470 valence electrons. The van der Waals surface area contributed by atoms with E-state index in [4.69, 9.17) is 61.6 Å². The molecule has 0 amide bonds. The molecule has 9 N–H and O–H groups in total. The highest BCUT2D eigenvalue weighted by atomic mass is 16.8. The summed E-state index contributed by atoms with van der Waals surface area (Å²) in [5.74, 6) is -3.44. The van der Waals surface area contributed by atoms with Crippen LogP contribution in [0, 0.1) is 11.8 Å². The first-order valence-electron chi connectivity index (χ1n) is 29.8. The summed E-state index contributed by atoms with van der Waals surface area (Å²) in [7, 11) is 0. The van der Waals surface area contributed by atoms with Gasteiger partial charge in [0, 0.05) is 6.42 Å². The van der Waals surface area contributed by atoms with Gasteiger partial charge in [-0.15, -0.1) is 0 Å². The fraction of sp³-hybridized carbons (Fsp3) is 0.946. The molecule has 28 atom stereocenters. The van der Waals surface area contributed by atoms with Crippen molar-refractivity contribution < 1.29 is 122 Å². The molecule has 0 aromatic heterocycles. The molecule has 0 aromatic rings. The third-order valence-corrected chi connectivity index (χ3v) is 16.7. The first-order chi connectivity index (χ1) is 38.5. The van der Waals surface area contributed by atoms with Gasteiger partial charge in [0.25, 0.3) is 0 Å². The molecule has 0 radical (unpaired) electrons. The van der Waals surface area contributed by atoms with Gasteiger partial charge in [-0.3, -0.25) is 14.4 Å². The molecule has 6 heterocycles. The van der Waals surface area contributed by atoms with Gasteiger partial charge in [0.1, 0.15) is 79.4 Å². The molecule has 6 rings (SSSR count). The molecular formula is C56H96O25. The van der Waals surface area contributed by atoms with Crippen molar-refractivity contribution in [1.29, 1.82) is 0 Å². The van der Waals surface area contributed by atoms with Crippen LogP contribution in [-0.4, -0.2) is 230 Å². The van der Waals surface area contributed by atoms with Crippen molar-refractivity contribution in [2.45, 2.75) is 318 Å². The largest absolute Gasteiger partial charge is 0.457 e. The Kier molecular flexibility index (Phi) is 26.7. The predicted molar refractivity (Wildman–Crippen MR) is 280 cm³/mol. The molecular weight excluding hydrogens is 1070 g/mol. The number of unbranched alkanes of at least 4 members (excludes halogenated alkanes) is 2. The van der Waals surface area contributed by atoms with Gasteiger partial charge in [-0.1, -0.05) is 92.4 Å². The number of ether oxygens (including phenoxy) is 13. The first-order valence-corrected chi connectivity index (χ1v) is 29.8. The second kappa shape index (κ2) is 31.9. The normalized spacial score (nSPS) is 44.2. The minimum absolute atomic E-state index is 0.0524. The molecule has 0 spiro atoms. The van der Waals surface area contributed by atoms with E-state index in [1.54, 1.807) is 27.7 Å². The first kappa shape index (κ1) is 67.8. The molecule has 0 unspecified atom stereocenters. The molecule has 0 saturated carbocycles. The van der Waals surface area contributed by atoms with E-state index in [9.17, 15) is 60.3 Å². The molecule has 81 heavy (non-hydrogen) atoms. The van der Waals surface area contributed by atoms with Crippen LogP contribution >= 0.6 is 0 Å². The van der Waals surface area contributed by atoms with Gasteiger partial charge in [0.15, 0.2) is 49.8 Å². The maximum Gasteiger partial charge on any atom is 0.309 e. The Bertz CT molecular complexity index is 1900. The van der Waals surface area contributed by atoms with Crippen molar-refractivity contribution in [2.24, 2.45) is 11.8 Å². The van der Waals surface area contributed by atoms with Gasteiger partial charge < -0.3 is 108 Å². The smallest absolute Gasteiger partial charge is 0.309 e. The van der Waals surface area contributed by atoms with Crippen LogP contribution in [0.4, 0.5) is 0 Å². The molecule has 0 aliphatic carbocycles. The monoisotopic (exact) mass is 1170 g/mol. The van der Waals surface area contributed by atoms with Crippen LogP contribution in [-0.2, 0) is 76.0 Å². The highest BCUT2D eigenvalue weighted by molar-refractivity contribution is 5.72. The van der Waals surface area contributed by atoms with Crippen molar-refractivity contribution in [3.63, 3.8) is 0 Å². The average molecular weight is 1170 g/mol. The second-order valence-corrected chi connectivity index (χ2v) is 23.0. The summed E-state index contributed by atoms with van der Waals surface area (Å²) in [6.45, 7) is 14.1. The zero-order valence-electron chi connectivity index (χ0n) is 48.5. The van der Waals surface area contributed by atoms with Crippen LogP contribution in [0.15, 0.2) is 0 Å². The van der Waals surface area contributed by atoms with Gasteiger partial charge in [0.05, 0.1) is 49.0 Å². The average Bonchev–Trinajstić information content (AvgIpc) is 3.51. The molecule has 6 aliphatic heterocycles. The summed E-state index contributed by atoms with van der Waals surface area (Å²) < 4.78 is 81.4. The fourth-order valence-corrected chi connectivity index (χ4v) is 11.0. The number of fused-ring (bicyclic) bond motifs is 3. The summed E-state index contributed by atoms with van der Waals surface area (Å²) in [6.07, 6.45) is -29.5. The predicted octanol–water partition coefficient (Wildman–Crippen LogP) is 1.43. The zero-order chi connectivity index (χ0) is 59.4. The highest BCUT2D eigenvalue weighted by Crippen LogP contribution is 2.39. The number of hydrogen-bond donors (Lipinski definition) is 9. The molecule has 2 bridgehead atoms. The van der Waals surface area contributed by atoms with Crippen LogP contribution < -0.4 is 0 Å². The number of carbonyl (C=O) groups excluding carboxylic acids is 3. The van der Waals surface area contributed by atoms with Crippen LogP contribution in [0.3, 0.4) is 0 Å². The van der Waals surface area contributed by atoms with Crippen LogP contribution in [0.5, 0.6) is 0 Å². The van der Waals surface area contributed by atoms with Crippen LogP contribution in [0.1, 0.15) is 159 Å². The third-order valence-electron chi connectivity index (χ3n) is 16.7.